The number of primary sulfonamides is 1. The Morgan fingerprint density at radius 3 is 2.70 bits per heavy atom. The fourth-order valence-corrected chi connectivity index (χ4v) is 7.47. The van der Waals surface area contributed by atoms with E-state index in [4.69, 9.17) is 9.88 Å². The number of hydrogen-bond acceptors (Lipinski definition) is 7. The first-order chi connectivity index (χ1) is 15.8. The molecule has 3 aromatic rings. The molecule has 2 aromatic carbocycles. The van der Waals surface area contributed by atoms with E-state index in [1.165, 1.54) is 35.6 Å². The molecule has 11 heteroatoms. The van der Waals surface area contributed by atoms with E-state index >= 15 is 0 Å². The van der Waals surface area contributed by atoms with Crippen LogP contribution in [0.1, 0.15) is 22.8 Å². The Hall–Kier alpha value is -2.60. The van der Waals surface area contributed by atoms with Gasteiger partial charge in [0.1, 0.15) is 5.75 Å². The molecule has 0 fully saturated rings. The molecule has 1 amide bonds. The summed E-state index contributed by atoms with van der Waals surface area (Å²) >= 11 is 2.91. The Balaban J connectivity index is 1.32. The van der Waals surface area contributed by atoms with Crippen LogP contribution in [0.4, 0.5) is 5.69 Å². The van der Waals surface area contributed by atoms with Crippen molar-refractivity contribution in [3.05, 3.63) is 68.6 Å². The molecule has 0 saturated heterocycles. The van der Waals surface area contributed by atoms with Crippen molar-refractivity contribution >= 4 is 44.7 Å². The number of nitrogens with zero attached hydrogens (tertiary/aromatic N) is 1. The third-order valence-electron chi connectivity index (χ3n) is 5.80. The first kappa shape index (κ1) is 22.2. The molecule has 2 atom stereocenters. The second-order valence-corrected chi connectivity index (χ2v) is 11.5. The van der Waals surface area contributed by atoms with Crippen LogP contribution >= 0.6 is 23.1 Å². The van der Waals surface area contributed by atoms with E-state index in [1.807, 2.05) is 18.2 Å². The number of sulfonamides is 1. The molecule has 0 saturated carbocycles. The number of fused-ring (bicyclic) bond motifs is 5. The molecular formula is C22H21N3O5S3. The summed E-state index contributed by atoms with van der Waals surface area (Å²) in [6.45, 7) is 0.904. The fraction of sp³-hybridized carbons (Fsp3) is 0.273. The van der Waals surface area contributed by atoms with E-state index in [2.05, 4.69) is 11.4 Å². The molecule has 5 rings (SSSR count). The quantitative estimate of drug-likeness (QED) is 0.552. The summed E-state index contributed by atoms with van der Waals surface area (Å²) in [6, 6.07) is 13.6. The van der Waals surface area contributed by atoms with Gasteiger partial charge in [0.25, 0.3) is 0 Å². The summed E-state index contributed by atoms with van der Waals surface area (Å²) < 4.78 is 30.3. The lowest BCUT2D eigenvalue weighted by molar-refractivity contribution is -0.116. The molecule has 0 spiro atoms. The van der Waals surface area contributed by atoms with Gasteiger partial charge in [-0.15, -0.1) is 11.8 Å². The minimum Gasteiger partial charge on any atom is -0.493 e. The van der Waals surface area contributed by atoms with Crippen molar-refractivity contribution in [1.29, 1.82) is 0 Å². The van der Waals surface area contributed by atoms with Gasteiger partial charge in [-0.25, -0.2) is 13.6 Å². The number of carbonyl (C=O) groups is 1. The van der Waals surface area contributed by atoms with E-state index in [1.54, 1.807) is 16.3 Å². The molecule has 1 aromatic heterocycles. The van der Waals surface area contributed by atoms with Crippen molar-refractivity contribution in [2.45, 2.75) is 28.8 Å². The predicted molar refractivity (Wildman–Crippen MR) is 128 cm³/mol. The van der Waals surface area contributed by atoms with Gasteiger partial charge in [0.2, 0.25) is 15.9 Å². The van der Waals surface area contributed by atoms with E-state index in [0.717, 1.165) is 27.0 Å². The van der Waals surface area contributed by atoms with Crippen LogP contribution in [0, 0.1) is 5.92 Å². The van der Waals surface area contributed by atoms with Gasteiger partial charge < -0.3 is 10.1 Å². The lowest BCUT2D eigenvalue weighted by Crippen LogP contribution is -2.31. The number of nitrogens with one attached hydrogen (secondary N) is 1. The van der Waals surface area contributed by atoms with Crippen molar-refractivity contribution in [3.8, 4) is 5.75 Å². The predicted octanol–water partition coefficient (Wildman–Crippen LogP) is 2.83. The Morgan fingerprint density at radius 1 is 1.18 bits per heavy atom. The highest BCUT2D eigenvalue weighted by molar-refractivity contribution is 7.99. The Morgan fingerprint density at radius 2 is 1.94 bits per heavy atom. The molecule has 2 unspecified atom stereocenters. The van der Waals surface area contributed by atoms with Gasteiger partial charge in [0.05, 0.1) is 16.5 Å². The Labute approximate surface area is 198 Å². The second kappa shape index (κ2) is 8.64. The number of anilines is 1. The fourth-order valence-electron chi connectivity index (χ4n) is 4.21. The smallest absolute Gasteiger partial charge is 0.308 e. The number of benzene rings is 2. The third kappa shape index (κ3) is 4.33. The van der Waals surface area contributed by atoms with Crippen LogP contribution in [0.25, 0.3) is 0 Å². The summed E-state index contributed by atoms with van der Waals surface area (Å²) in [7, 11) is -3.79. The van der Waals surface area contributed by atoms with E-state index in [-0.39, 0.29) is 34.6 Å². The highest BCUT2D eigenvalue weighted by Gasteiger charge is 2.39. The number of ether oxygens (including phenoxy) is 1. The summed E-state index contributed by atoms with van der Waals surface area (Å²) in [5, 5.41) is 8.76. The second-order valence-electron chi connectivity index (χ2n) is 7.95. The summed E-state index contributed by atoms with van der Waals surface area (Å²) in [6.07, 6.45) is 0.119. The van der Waals surface area contributed by atoms with Gasteiger partial charge in [0, 0.05) is 46.7 Å². The number of para-hydroxylation sites is 1. The van der Waals surface area contributed by atoms with E-state index < -0.39 is 10.0 Å². The van der Waals surface area contributed by atoms with Gasteiger partial charge in [0.15, 0.2) is 0 Å². The molecule has 172 valence electrons. The Bertz CT molecular complexity index is 1380. The minimum absolute atomic E-state index is 0.0260. The zero-order valence-corrected chi connectivity index (χ0v) is 19.8. The first-order valence-electron chi connectivity index (χ1n) is 10.3. The van der Waals surface area contributed by atoms with Crippen LogP contribution in [0.15, 0.2) is 63.2 Å². The molecule has 2 aliphatic rings. The van der Waals surface area contributed by atoms with Crippen LogP contribution in [-0.2, 0) is 21.4 Å². The van der Waals surface area contributed by atoms with Crippen molar-refractivity contribution < 1.29 is 17.9 Å². The average Bonchev–Trinajstić information content (AvgIpc) is 3.12. The molecule has 2 aliphatic heterocycles. The Kier molecular flexibility index (Phi) is 5.81. The van der Waals surface area contributed by atoms with E-state index in [9.17, 15) is 18.0 Å². The van der Waals surface area contributed by atoms with Gasteiger partial charge in [-0.2, -0.15) is 0 Å². The van der Waals surface area contributed by atoms with Gasteiger partial charge >= 0.3 is 4.87 Å². The van der Waals surface area contributed by atoms with Crippen LogP contribution in [0.5, 0.6) is 5.75 Å². The zero-order chi connectivity index (χ0) is 23.2. The number of rotatable bonds is 5. The van der Waals surface area contributed by atoms with Crippen LogP contribution in [-0.4, -0.2) is 31.3 Å². The molecule has 3 heterocycles. The maximum atomic E-state index is 12.8. The minimum atomic E-state index is -3.79. The molecule has 0 radical (unpaired) electrons. The number of thiazole rings is 1. The van der Waals surface area contributed by atoms with Crippen LogP contribution < -0.4 is 20.1 Å². The van der Waals surface area contributed by atoms with Crippen molar-refractivity contribution in [2.24, 2.45) is 11.1 Å². The van der Waals surface area contributed by atoms with Crippen LogP contribution in [0.3, 0.4) is 0 Å². The SMILES string of the molecule is NS(=O)(=O)c1ccc(NC(=O)CCn2c3c(sc2=O)C2c4ccccc4OCC2CS3)cc1. The maximum Gasteiger partial charge on any atom is 0.308 e. The average molecular weight is 504 g/mol. The molecule has 0 aliphatic carbocycles. The summed E-state index contributed by atoms with van der Waals surface area (Å²) in [5.74, 6) is 1.91. The zero-order valence-electron chi connectivity index (χ0n) is 17.4. The molecule has 3 N–H and O–H groups in total. The molecule has 8 nitrogen and oxygen atoms in total. The topological polar surface area (TPSA) is 120 Å². The highest BCUT2D eigenvalue weighted by Crippen LogP contribution is 2.50. The van der Waals surface area contributed by atoms with Gasteiger partial charge in [-0.3, -0.25) is 14.2 Å². The normalized spacial score (nSPS) is 19.1. The number of carbonyl (C=O) groups excluding carboxylic acids is 1. The summed E-state index contributed by atoms with van der Waals surface area (Å²) in [5.41, 5.74) is 1.58. The largest absolute Gasteiger partial charge is 0.493 e. The summed E-state index contributed by atoms with van der Waals surface area (Å²) in [4.78, 5) is 26.3. The van der Waals surface area contributed by atoms with Crippen molar-refractivity contribution in [3.63, 3.8) is 0 Å². The number of nitrogens with two attached hydrogens (primary N) is 1. The molecule has 33 heavy (non-hydrogen) atoms. The van der Waals surface area contributed by atoms with Crippen molar-refractivity contribution in [1.82, 2.24) is 4.57 Å². The maximum absolute atomic E-state index is 12.8. The van der Waals surface area contributed by atoms with Gasteiger partial charge in [-0.1, -0.05) is 29.5 Å². The molecule has 0 bridgehead atoms. The van der Waals surface area contributed by atoms with E-state index in [0.29, 0.717) is 18.2 Å². The lowest BCUT2D eigenvalue weighted by Gasteiger charge is -2.36. The number of amides is 1. The number of thioether (sulfide) groups is 1. The number of hydrogen-bond donors (Lipinski definition) is 2. The number of aromatic nitrogens is 1. The van der Waals surface area contributed by atoms with Crippen molar-refractivity contribution in [2.75, 3.05) is 17.7 Å². The third-order valence-corrected chi connectivity index (χ3v) is 9.23. The first-order valence-corrected chi connectivity index (χ1v) is 13.7. The standard InChI is InChI=1S/C22H21N3O5S3/c23-33(28,29)15-7-5-14(6-8-15)24-18(26)9-10-25-21-20(32-22(25)27)19-13(12-31-21)11-30-17-4-2-1-3-16(17)19/h1-8,13,19H,9-12H2,(H,24,26)(H2,23,28,29). The van der Waals surface area contributed by atoms with Crippen LogP contribution in [0.2, 0.25) is 0 Å². The highest BCUT2D eigenvalue weighted by atomic mass is 32.2. The lowest BCUT2D eigenvalue weighted by atomic mass is 9.84. The molecular weight excluding hydrogens is 482 g/mol. The monoisotopic (exact) mass is 503 g/mol. The van der Waals surface area contributed by atoms with Gasteiger partial charge in [-0.05, 0) is 30.3 Å².